The van der Waals surface area contributed by atoms with Crippen LogP contribution in [-0.2, 0) is 22.6 Å². The van der Waals surface area contributed by atoms with Crippen molar-refractivity contribution in [2.45, 2.75) is 26.9 Å². The molecule has 3 rings (SSSR count). The standard InChI is InChI=1S/C21H18Cl2N2O3S/c1-3-14-4-7-17(8-5-14)25(13(2)26)21-24-16(12-29-21)11-28-20(27)18-9-6-15(22)10-19(18)23/h4-10,12H,3,11H2,1-2H3. The predicted octanol–water partition coefficient (Wildman–Crippen LogP) is 6.05. The lowest BCUT2D eigenvalue weighted by atomic mass is 10.1. The lowest BCUT2D eigenvalue weighted by Crippen LogP contribution is -2.22. The topological polar surface area (TPSA) is 59.5 Å². The number of carbonyl (C=O) groups is 2. The van der Waals surface area contributed by atoms with Gasteiger partial charge in [0.05, 0.1) is 22.0 Å². The largest absolute Gasteiger partial charge is 0.456 e. The Labute approximate surface area is 182 Å². The Morgan fingerprint density at radius 2 is 1.86 bits per heavy atom. The Morgan fingerprint density at radius 1 is 1.14 bits per heavy atom. The quantitative estimate of drug-likeness (QED) is 0.430. The molecule has 8 heteroatoms. The van der Waals surface area contributed by atoms with E-state index in [1.165, 1.54) is 40.9 Å². The molecule has 0 radical (unpaired) electrons. The molecular formula is C21H18Cl2N2O3S. The predicted molar refractivity (Wildman–Crippen MR) is 116 cm³/mol. The van der Waals surface area contributed by atoms with Crippen LogP contribution in [0.3, 0.4) is 0 Å². The van der Waals surface area contributed by atoms with Gasteiger partial charge in [0, 0.05) is 17.3 Å². The lowest BCUT2D eigenvalue weighted by molar-refractivity contribution is -0.115. The average molecular weight is 449 g/mol. The molecule has 3 aromatic rings. The van der Waals surface area contributed by atoms with E-state index in [4.69, 9.17) is 27.9 Å². The number of nitrogens with zero attached hydrogens (tertiary/aromatic N) is 2. The van der Waals surface area contributed by atoms with Gasteiger partial charge >= 0.3 is 5.97 Å². The van der Waals surface area contributed by atoms with Crippen molar-refractivity contribution in [3.8, 4) is 0 Å². The van der Waals surface area contributed by atoms with Crippen molar-refractivity contribution in [2.75, 3.05) is 4.90 Å². The number of hydrogen-bond acceptors (Lipinski definition) is 5. The third kappa shape index (κ3) is 5.15. The van der Waals surface area contributed by atoms with E-state index >= 15 is 0 Å². The molecule has 0 N–H and O–H groups in total. The summed E-state index contributed by atoms with van der Waals surface area (Å²) in [5.74, 6) is -0.722. The molecule has 0 unspecified atom stereocenters. The minimum atomic E-state index is -0.570. The highest BCUT2D eigenvalue weighted by molar-refractivity contribution is 7.14. The van der Waals surface area contributed by atoms with E-state index in [0.717, 1.165) is 12.1 Å². The molecule has 150 valence electrons. The molecule has 0 aliphatic carbocycles. The summed E-state index contributed by atoms with van der Waals surface area (Å²) in [5, 5.41) is 2.92. The van der Waals surface area contributed by atoms with Gasteiger partial charge in [0.2, 0.25) is 5.91 Å². The number of rotatable bonds is 6. The number of esters is 1. The number of aryl methyl sites for hydroxylation is 1. The third-order valence-electron chi connectivity index (χ3n) is 4.15. The van der Waals surface area contributed by atoms with Gasteiger partial charge in [-0.05, 0) is 42.3 Å². The monoisotopic (exact) mass is 448 g/mol. The molecule has 1 aromatic heterocycles. The molecule has 29 heavy (non-hydrogen) atoms. The van der Waals surface area contributed by atoms with Gasteiger partial charge in [0.15, 0.2) is 5.13 Å². The Bertz CT molecular complexity index is 1030. The van der Waals surface area contributed by atoms with Gasteiger partial charge in [-0.1, -0.05) is 42.3 Å². The van der Waals surface area contributed by atoms with Crippen LogP contribution in [0.1, 0.15) is 35.5 Å². The lowest BCUT2D eigenvalue weighted by Gasteiger charge is -2.18. The highest BCUT2D eigenvalue weighted by atomic mass is 35.5. The van der Waals surface area contributed by atoms with Crippen LogP contribution in [0, 0.1) is 0 Å². The summed E-state index contributed by atoms with van der Waals surface area (Å²) in [6, 6.07) is 12.3. The van der Waals surface area contributed by atoms with Crippen LogP contribution in [0.15, 0.2) is 47.8 Å². The molecule has 0 aliphatic heterocycles. The number of hydrogen-bond donors (Lipinski definition) is 0. The molecule has 0 aliphatic rings. The van der Waals surface area contributed by atoms with Crippen molar-refractivity contribution in [3.63, 3.8) is 0 Å². The van der Waals surface area contributed by atoms with Crippen molar-refractivity contribution in [2.24, 2.45) is 0 Å². The van der Waals surface area contributed by atoms with Crippen molar-refractivity contribution >= 4 is 57.2 Å². The van der Waals surface area contributed by atoms with E-state index in [-0.39, 0.29) is 23.1 Å². The van der Waals surface area contributed by atoms with Crippen LogP contribution in [0.2, 0.25) is 10.0 Å². The van der Waals surface area contributed by atoms with Gasteiger partial charge < -0.3 is 4.74 Å². The summed E-state index contributed by atoms with van der Waals surface area (Å²) in [5.41, 5.74) is 2.69. The molecule has 2 aromatic carbocycles. The number of ether oxygens (including phenoxy) is 1. The van der Waals surface area contributed by atoms with E-state index in [1.54, 1.807) is 11.4 Å². The van der Waals surface area contributed by atoms with Gasteiger partial charge in [-0.2, -0.15) is 0 Å². The molecular weight excluding hydrogens is 431 g/mol. The minimum absolute atomic E-state index is 0.0329. The number of benzene rings is 2. The molecule has 1 amide bonds. The molecule has 0 atom stereocenters. The van der Waals surface area contributed by atoms with Crippen LogP contribution in [0.4, 0.5) is 10.8 Å². The molecule has 1 heterocycles. The van der Waals surface area contributed by atoms with Crippen LogP contribution < -0.4 is 4.90 Å². The van der Waals surface area contributed by atoms with Crippen molar-refractivity contribution < 1.29 is 14.3 Å². The first-order valence-corrected chi connectivity index (χ1v) is 10.5. The Kier molecular flexibility index (Phi) is 6.90. The molecule has 0 saturated carbocycles. The first-order valence-electron chi connectivity index (χ1n) is 8.85. The molecule has 0 saturated heterocycles. The number of anilines is 2. The number of aromatic nitrogens is 1. The van der Waals surface area contributed by atoms with Gasteiger partial charge in [-0.25, -0.2) is 9.78 Å². The van der Waals surface area contributed by atoms with Crippen molar-refractivity contribution in [1.82, 2.24) is 4.98 Å². The van der Waals surface area contributed by atoms with E-state index < -0.39 is 5.97 Å². The maximum Gasteiger partial charge on any atom is 0.340 e. The fourth-order valence-electron chi connectivity index (χ4n) is 2.65. The van der Waals surface area contributed by atoms with Gasteiger partial charge in [0.1, 0.15) is 6.61 Å². The fourth-order valence-corrected chi connectivity index (χ4v) is 4.00. The van der Waals surface area contributed by atoms with E-state index in [1.807, 2.05) is 24.3 Å². The highest BCUT2D eigenvalue weighted by Crippen LogP contribution is 2.30. The number of amides is 1. The molecule has 5 nitrogen and oxygen atoms in total. The summed E-state index contributed by atoms with van der Waals surface area (Å²) in [4.78, 5) is 30.4. The fraction of sp³-hybridized carbons (Fsp3) is 0.190. The van der Waals surface area contributed by atoms with Crippen LogP contribution in [-0.4, -0.2) is 16.9 Å². The van der Waals surface area contributed by atoms with E-state index in [0.29, 0.717) is 15.8 Å². The van der Waals surface area contributed by atoms with Crippen molar-refractivity contribution in [3.05, 3.63) is 74.7 Å². The SMILES string of the molecule is CCc1ccc(N(C(C)=O)c2nc(COC(=O)c3ccc(Cl)cc3Cl)cs2)cc1. The summed E-state index contributed by atoms with van der Waals surface area (Å²) in [7, 11) is 0. The smallest absolute Gasteiger partial charge is 0.340 e. The molecule has 0 fully saturated rings. The minimum Gasteiger partial charge on any atom is -0.456 e. The Balaban J connectivity index is 1.72. The second-order valence-corrected chi connectivity index (χ2v) is 7.88. The van der Waals surface area contributed by atoms with Gasteiger partial charge in [-0.3, -0.25) is 9.69 Å². The van der Waals surface area contributed by atoms with E-state index in [2.05, 4.69) is 11.9 Å². The zero-order valence-electron chi connectivity index (χ0n) is 15.8. The van der Waals surface area contributed by atoms with Gasteiger partial charge in [-0.15, -0.1) is 11.3 Å². The first kappa shape index (κ1) is 21.3. The van der Waals surface area contributed by atoms with Gasteiger partial charge in [0.25, 0.3) is 0 Å². The summed E-state index contributed by atoms with van der Waals surface area (Å²) < 4.78 is 5.30. The normalized spacial score (nSPS) is 10.6. The zero-order chi connectivity index (χ0) is 21.0. The highest BCUT2D eigenvalue weighted by Gasteiger charge is 2.19. The van der Waals surface area contributed by atoms with Crippen LogP contribution in [0.25, 0.3) is 0 Å². The zero-order valence-corrected chi connectivity index (χ0v) is 18.1. The molecule has 0 bridgehead atoms. The van der Waals surface area contributed by atoms with E-state index in [9.17, 15) is 9.59 Å². The first-order chi connectivity index (χ1) is 13.9. The number of thiazole rings is 1. The second kappa shape index (κ2) is 9.39. The second-order valence-electron chi connectivity index (χ2n) is 6.20. The maximum atomic E-state index is 12.2. The number of carbonyl (C=O) groups excluding carboxylic acids is 2. The Hall–Kier alpha value is -2.41. The summed E-state index contributed by atoms with van der Waals surface area (Å²) in [6.45, 7) is 3.52. The average Bonchev–Trinajstić information content (AvgIpc) is 3.15. The van der Waals surface area contributed by atoms with Crippen molar-refractivity contribution in [1.29, 1.82) is 0 Å². The summed E-state index contributed by atoms with van der Waals surface area (Å²) >= 11 is 13.2. The molecule has 0 spiro atoms. The maximum absolute atomic E-state index is 12.2. The number of halogens is 2. The Morgan fingerprint density at radius 3 is 2.48 bits per heavy atom. The van der Waals surface area contributed by atoms with Crippen LogP contribution >= 0.6 is 34.5 Å². The third-order valence-corrected chi connectivity index (χ3v) is 5.57. The summed E-state index contributed by atoms with van der Waals surface area (Å²) in [6.07, 6.45) is 0.921. The van der Waals surface area contributed by atoms with Crippen LogP contribution in [0.5, 0.6) is 0 Å².